The van der Waals surface area contributed by atoms with Crippen molar-refractivity contribution in [3.05, 3.63) is 0 Å². The molecule has 0 aromatic rings. The summed E-state index contributed by atoms with van der Waals surface area (Å²) in [5.41, 5.74) is 0. The fourth-order valence-electron chi connectivity index (χ4n) is 3.76. The maximum absolute atomic E-state index is 6.63. The third-order valence-corrected chi connectivity index (χ3v) is 17.4. The number of hydrogen-bond donors (Lipinski definition) is 0. The molecule has 0 saturated carbocycles. The molecule has 0 rings (SSSR count). The third-order valence-electron chi connectivity index (χ3n) is 6.35. The first-order valence-electron chi connectivity index (χ1n) is 12.6. The average Bonchev–Trinajstić information content (AvgIpc) is 2.74. The Labute approximate surface area is 189 Å². The highest BCUT2D eigenvalue weighted by atomic mass is 32.2. The van der Waals surface area contributed by atoms with E-state index >= 15 is 0 Å². The first-order chi connectivity index (χ1) is 14.0. The topological polar surface area (TPSA) is 27.7 Å². The minimum absolute atomic E-state index is 0.384. The average molecular weight is 465 g/mol. The summed E-state index contributed by atoms with van der Waals surface area (Å²) in [6.07, 6.45) is 7.92. The highest BCUT2D eigenvalue weighted by Crippen LogP contribution is 2.35. The molecule has 0 aromatic carbocycles. The molecule has 0 aromatic heterocycles. The van der Waals surface area contributed by atoms with E-state index in [0.29, 0.717) is 4.87 Å². The smallest absolute Gasteiger partial charge is 0.373 e. The van der Waals surface area contributed by atoms with Crippen molar-refractivity contribution >= 4 is 28.6 Å². The first kappa shape index (κ1) is 29.7. The first-order valence-corrected chi connectivity index (χ1v) is 18.2. The zero-order chi connectivity index (χ0) is 22.0. The van der Waals surface area contributed by atoms with Crippen LogP contribution in [0.1, 0.15) is 93.4 Å². The Morgan fingerprint density at radius 2 is 1.07 bits per heavy atom. The zero-order valence-electron chi connectivity index (χ0n) is 20.8. The molecule has 0 saturated heterocycles. The van der Waals surface area contributed by atoms with Crippen molar-refractivity contribution in [2.45, 2.75) is 122 Å². The molecular weight excluding hydrogens is 412 g/mol. The summed E-state index contributed by atoms with van der Waals surface area (Å²) in [6, 6.07) is 5.56. The molecule has 0 spiro atoms. The van der Waals surface area contributed by atoms with Gasteiger partial charge in [-0.15, -0.1) is 0 Å². The van der Waals surface area contributed by atoms with Crippen LogP contribution in [0, 0.1) is 0 Å². The maximum Gasteiger partial charge on any atom is 0.514 e. The van der Waals surface area contributed by atoms with Crippen LogP contribution in [0.25, 0.3) is 0 Å². The Balaban J connectivity index is 5.60. The fraction of sp³-hybridized carbons (Fsp3) is 1.00. The number of hydrogen-bond acceptors (Lipinski definition) is 4. The van der Waals surface area contributed by atoms with Crippen LogP contribution in [0.2, 0.25) is 24.2 Å². The van der Waals surface area contributed by atoms with Gasteiger partial charge < -0.3 is 13.3 Å². The van der Waals surface area contributed by atoms with Gasteiger partial charge in [0, 0.05) is 19.8 Å². The van der Waals surface area contributed by atoms with Crippen LogP contribution in [-0.2, 0) is 13.3 Å². The predicted molar refractivity (Wildman–Crippen MR) is 137 cm³/mol. The van der Waals surface area contributed by atoms with Crippen molar-refractivity contribution in [3.8, 4) is 0 Å². The van der Waals surface area contributed by atoms with Gasteiger partial charge >= 0.3 is 8.80 Å². The van der Waals surface area contributed by atoms with E-state index in [1.165, 1.54) is 30.6 Å². The van der Waals surface area contributed by atoms with Gasteiger partial charge in [0.2, 0.25) is 0 Å². The summed E-state index contributed by atoms with van der Waals surface area (Å²) in [5, 5.41) is 0. The molecule has 0 aliphatic heterocycles. The lowest BCUT2D eigenvalue weighted by atomic mass is 10.4. The molecule has 0 bridgehead atoms. The number of rotatable bonds is 21. The number of thioether (sulfide) groups is 1. The van der Waals surface area contributed by atoms with Crippen LogP contribution < -0.4 is 0 Å². The van der Waals surface area contributed by atoms with E-state index in [9.17, 15) is 0 Å². The summed E-state index contributed by atoms with van der Waals surface area (Å²) in [4.78, 5) is 0.384. The predicted octanol–water partition coefficient (Wildman–Crippen LogP) is 7.93. The molecule has 176 valence electrons. The lowest BCUT2D eigenvalue weighted by Gasteiger charge is -2.38. The second kappa shape index (κ2) is 18.3. The molecule has 6 heteroatoms. The normalized spacial score (nSPS) is 13.8. The Kier molecular flexibility index (Phi) is 18.7. The third kappa shape index (κ3) is 11.2. The van der Waals surface area contributed by atoms with Crippen LogP contribution in [-0.4, -0.2) is 47.3 Å². The SMILES string of the molecule is CCCCO[Si](OCCCC)(OCCCC)C(CC[Si](CC)(CC)CC)SCC. The van der Waals surface area contributed by atoms with Crippen molar-refractivity contribution in [1.29, 1.82) is 0 Å². The van der Waals surface area contributed by atoms with Gasteiger partial charge in [0.1, 0.15) is 0 Å². The van der Waals surface area contributed by atoms with Crippen LogP contribution in [0.4, 0.5) is 0 Å². The molecule has 0 amide bonds. The van der Waals surface area contributed by atoms with Crippen molar-refractivity contribution in [3.63, 3.8) is 0 Å². The van der Waals surface area contributed by atoms with Gasteiger partial charge in [-0.3, -0.25) is 0 Å². The van der Waals surface area contributed by atoms with E-state index in [0.717, 1.165) is 64.1 Å². The molecule has 1 unspecified atom stereocenters. The number of unbranched alkanes of at least 4 members (excludes halogenated alkanes) is 3. The minimum Gasteiger partial charge on any atom is -0.373 e. The second-order valence-corrected chi connectivity index (χ2v) is 18.5. The summed E-state index contributed by atoms with van der Waals surface area (Å²) >= 11 is 2.04. The van der Waals surface area contributed by atoms with Gasteiger partial charge in [0.25, 0.3) is 0 Å². The van der Waals surface area contributed by atoms with E-state index in [2.05, 4.69) is 48.5 Å². The lowest BCUT2D eigenvalue weighted by molar-refractivity contribution is 0.0543. The molecule has 0 fully saturated rings. The van der Waals surface area contributed by atoms with Gasteiger partial charge in [-0.2, -0.15) is 11.8 Å². The summed E-state index contributed by atoms with van der Waals surface area (Å²) < 4.78 is 19.9. The van der Waals surface area contributed by atoms with Crippen LogP contribution in [0.3, 0.4) is 0 Å². The fourth-order valence-corrected chi connectivity index (χ4v) is 12.9. The van der Waals surface area contributed by atoms with Crippen molar-refractivity contribution in [2.75, 3.05) is 25.6 Å². The monoisotopic (exact) mass is 464 g/mol. The Morgan fingerprint density at radius 3 is 1.38 bits per heavy atom. The molecule has 3 nitrogen and oxygen atoms in total. The van der Waals surface area contributed by atoms with Gasteiger partial charge in [-0.05, 0) is 31.4 Å². The summed E-state index contributed by atoms with van der Waals surface area (Å²) in [7, 11) is -3.87. The molecule has 0 aliphatic rings. The quantitative estimate of drug-likeness (QED) is 0.127. The molecular formula is C23H52O3SSi2. The highest BCUT2D eigenvalue weighted by Gasteiger charge is 2.50. The Hall–Kier alpha value is 0.664. The van der Waals surface area contributed by atoms with E-state index in [4.69, 9.17) is 13.3 Å². The van der Waals surface area contributed by atoms with Crippen molar-refractivity contribution < 1.29 is 13.3 Å². The van der Waals surface area contributed by atoms with E-state index in [-0.39, 0.29) is 0 Å². The summed E-state index contributed by atoms with van der Waals surface area (Å²) in [6.45, 7) is 18.5. The van der Waals surface area contributed by atoms with Crippen molar-refractivity contribution in [1.82, 2.24) is 0 Å². The summed E-state index contributed by atoms with van der Waals surface area (Å²) in [5.74, 6) is 1.10. The van der Waals surface area contributed by atoms with Gasteiger partial charge in [-0.1, -0.05) is 91.9 Å². The van der Waals surface area contributed by atoms with Crippen LogP contribution in [0.15, 0.2) is 0 Å². The minimum atomic E-state index is -2.71. The van der Waals surface area contributed by atoms with E-state index in [1.807, 2.05) is 11.8 Å². The van der Waals surface area contributed by atoms with E-state index in [1.54, 1.807) is 0 Å². The van der Waals surface area contributed by atoms with E-state index < -0.39 is 16.9 Å². The molecule has 0 aliphatic carbocycles. The zero-order valence-corrected chi connectivity index (χ0v) is 23.6. The van der Waals surface area contributed by atoms with Gasteiger partial charge in [-0.25, -0.2) is 0 Å². The molecule has 0 N–H and O–H groups in total. The highest BCUT2D eigenvalue weighted by molar-refractivity contribution is 8.01. The van der Waals surface area contributed by atoms with Crippen LogP contribution >= 0.6 is 11.8 Å². The Morgan fingerprint density at radius 1 is 0.655 bits per heavy atom. The second-order valence-electron chi connectivity index (χ2n) is 8.25. The van der Waals surface area contributed by atoms with Gasteiger partial charge in [0.05, 0.1) is 12.9 Å². The molecule has 29 heavy (non-hydrogen) atoms. The maximum atomic E-state index is 6.63. The molecule has 1 atom stereocenters. The molecule has 0 heterocycles. The van der Waals surface area contributed by atoms with Crippen molar-refractivity contribution in [2.24, 2.45) is 0 Å². The van der Waals surface area contributed by atoms with Crippen LogP contribution in [0.5, 0.6) is 0 Å². The largest absolute Gasteiger partial charge is 0.514 e. The standard InChI is InChI=1S/C23H52O3SSi2/c1-8-15-19-24-29(25-20-16-9-2,26-21-17-10-3)23(27-11-4)18-22-28(12-5,13-6)14-7/h23H,8-22H2,1-7H3. The molecule has 0 radical (unpaired) electrons. The lowest BCUT2D eigenvalue weighted by Crippen LogP contribution is -2.56. The Bertz CT molecular complexity index is 333. The van der Waals surface area contributed by atoms with Gasteiger partial charge in [0.15, 0.2) is 0 Å².